The second-order valence-electron chi connectivity index (χ2n) is 3.94. The number of likely N-dealkylation sites (tertiary alicyclic amines) is 1. The van der Waals surface area contributed by atoms with Crippen LogP contribution in [0.1, 0.15) is 20.3 Å². The molecular weight excluding hydrogens is 157 g/mol. The zero-order valence-corrected chi connectivity index (χ0v) is 8.14. The van der Waals surface area contributed by atoms with Crippen LogP contribution in [0.25, 0.3) is 0 Å². The van der Waals surface area contributed by atoms with Gasteiger partial charge in [-0.1, -0.05) is 0 Å². The fourth-order valence-corrected chi connectivity index (χ4v) is 1.68. The standard InChI is InChI=1S/C9H18FNO/c1-8(6-12-3)11-5-4-9(2,10)7-11/h8H,4-7H2,1-3H3. The number of halogens is 1. The van der Waals surface area contributed by atoms with E-state index in [9.17, 15) is 4.39 Å². The van der Waals surface area contributed by atoms with Crippen molar-refractivity contribution >= 4 is 0 Å². The average Bonchev–Trinajstić information content (AvgIpc) is 2.31. The lowest BCUT2D eigenvalue weighted by Crippen LogP contribution is -2.36. The maximum Gasteiger partial charge on any atom is 0.122 e. The number of hydrogen-bond acceptors (Lipinski definition) is 2. The SMILES string of the molecule is COCC(C)N1CCC(C)(F)C1. The van der Waals surface area contributed by atoms with E-state index < -0.39 is 5.67 Å². The van der Waals surface area contributed by atoms with Crippen LogP contribution in [0, 0.1) is 0 Å². The van der Waals surface area contributed by atoms with Crippen LogP contribution in [0.15, 0.2) is 0 Å². The first-order valence-electron chi connectivity index (χ1n) is 4.47. The van der Waals surface area contributed by atoms with Gasteiger partial charge in [0.25, 0.3) is 0 Å². The van der Waals surface area contributed by atoms with E-state index in [1.165, 1.54) is 0 Å². The van der Waals surface area contributed by atoms with Crippen molar-refractivity contribution in [1.82, 2.24) is 4.90 Å². The quantitative estimate of drug-likeness (QED) is 0.644. The van der Waals surface area contributed by atoms with E-state index >= 15 is 0 Å². The van der Waals surface area contributed by atoms with Gasteiger partial charge in [-0.05, 0) is 20.3 Å². The molecule has 2 unspecified atom stereocenters. The summed E-state index contributed by atoms with van der Waals surface area (Å²) in [7, 11) is 1.68. The number of methoxy groups -OCH3 is 1. The number of ether oxygens (including phenoxy) is 1. The molecule has 1 saturated heterocycles. The van der Waals surface area contributed by atoms with Gasteiger partial charge in [-0.3, -0.25) is 4.90 Å². The fourth-order valence-electron chi connectivity index (χ4n) is 1.68. The summed E-state index contributed by atoms with van der Waals surface area (Å²) >= 11 is 0. The van der Waals surface area contributed by atoms with E-state index in [0.29, 0.717) is 25.6 Å². The molecule has 1 aliphatic heterocycles. The number of nitrogens with zero attached hydrogens (tertiary/aromatic N) is 1. The van der Waals surface area contributed by atoms with E-state index in [4.69, 9.17) is 4.74 Å². The van der Waals surface area contributed by atoms with Crippen LogP contribution in [0.5, 0.6) is 0 Å². The Balaban J connectivity index is 2.36. The second kappa shape index (κ2) is 3.71. The molecule has 0 radical (unpaired) electrons. The van der Waals surface area contributed by atoms with Gasteiger partial charge < -0.3 is 4.74 Å². The fraction of sp³-hybridized carbons (Fsp3) is 1.00. The highest BCUT2D eigenvalue weighted by Crippen LogP contribution is 2.25. The van der Waals surface area contributed by atoms with Crippen LogP contribution < -0.4 is 0 Å². The van der Waals surface area contributed by atoms with E-state index in [1.807, 2.05) is 0 Å². The van der Waals surface area contributed by atoms with Crippen molar-refractivity contribution in [2.45, 2.75) is 32.0 Å². The third kappa shape index (κ3) is 2.42. The third-order valence-corrected chi connectivity index (χ3v) is 2.48. The normalized spacial score (nSPS) is 34.0. The molecule has 0 N–H and O–H groups in total. The minimum atomic E-state index is -0.984. The molecule has 0 bridgehead atoms. The van der Waals surface area contributed by atoms with Gasteiger partial charge in [0.1, 0.15) is 5.67 Å². The molecule has 72 valence electrons. The summed E-state index contributed by atoms with van der Waals surface area (Å²) in [4.78, 5) is 2.14. The molecule has 3 heteroatoms. The molecule has 1 rings (SSSR count). The molecule has 0 aromatic heterocycles. The third-order valence-electron chi connectivity index (χ3n) is 2.48. The summed E-state index contributed by atoms with van der Waals surface area (Å²) < 4.78 is 18.4. The summed E-state index contributed by atoms with van der Waals surface area (Å²) in [6, 6.07) is 0.340. The van der Waals surface area contributed by atoms with Crippen molar-refractivity contribution in [3.63, 3.8) is 0 Å². The molecular formula is C9H18FNO. The summed E-state index contributed by atoms with van der Waals surface area (Å²) in [5.41, 5.74) is -0.984. The van der Waals surface area contributed by atoms with Gasteiger partial charge in [0.2, 0.25) is 0 Å². The number of alkyl halides is 1. The lowest BCUT2D eigenvalue weighted by atomic mass is 10.1. The average molecular weight is 175 g/mol. The first kappa shape index (κ1) is 9.93. The van der Waals surface area contributed by atoms with Crippen LogP contribution >= 0.6 is 0 Å². The zero-order valence-electron chi connectivity index (χ0n) is 8.14. The molecule has 0 aromatic carbocycles. The Bertz CT molecular complexity index is 149. The monoisotopic (exact) mass is 175 g/mol. The lowest BCUT2D eigenvalue weighted by Gasteiger charge is -2.23. The van der Waals surface area contributed by atoms with Crippen LogP contribution in [-0.2, 0) is 4.74 Å². The zero-order chi connectivity index (χ0) is 9.19. The molecule has 2 nitrogen and oxygen atoms in total. The molecule has 1 heterocycles. The topological polar surface area (TPSA) is 12.5 Å². The lowest BCUT2D eigenvalue weighted by molar-refractivity contribution is 0.0999. The summed E-state index contributed by atoms with van der Waals surface area (Å²) in [5.74, 6) is 0. The van der Waals surface area contributed by atoms with Gasteiger partial charge in [0, 0.05) is 26.2 Å². The summed E-state index contributed by atoms with van der Waals surface area (Å²) in [6.07, 6.45) is 0.654. The Kier molecular flexibility index (Phi) is 3.07. The second-order valence-corrected chi connectivity index (χ2v) is 3.94. The Morgan fingerprint density at radius 2 is 2.33 bits per heavy atom. The van der Waals surface area contributed by atoms with Crippen molar-refractivity contribution in [3.8, 4) is 0 Å². The van der Waals surface area contributed by atoms with Crippen molar-refractivity contribution in [2.75, 3.05) is 26.8 Å². The Hall–Kier alpha value is -0.150. The maximum atomic E-state index is 13.4. The molecule has 0 saturated carbocycles. The Morgan fingerprint density at radius 1 is 1.67 bits per heavy atom. The van der Waals surface area contributed by atoms with E-state index in [2.05, 4.69) is 11.8 Å². The molecule has 1 aliphatic rings. The minimum absolute atomic E-state index is 0.340. The molecule has 0 spiro atoms. The van der Waals surface area contributed by atoms with E-state index in [1.54, 1.807) is 14.0 Å². The Morgan fingerprint density at radius 3 is 2.75 bits per heavy atom. The van der Waals surface area contributed by atoms with E-state index in [-0.39, 0.29) is 0 Å². The van der Waals surface area contributed by atoms with Crippen molar-refractivity contribution in [2.24, 2.45) is 0 Å². The molecule has 2 atom stereocenters. The van der Waals surface area contributed by atoms with Gasteiger partial charge in [-0.15, -0.1) is 0 Å². The molecule has 0 amide bonds. The first-order valence-corrected chi connectivity index (χ1v) is 4.47. The van der Waals surface area contributed by atoms with Gasteiger partial charge >= 0.3 is 0 Å². The van der Waals surface area contributed by atoms with Crippen molar-refractivity contribution < 1.29 is 9.13 Å². The summed E-state index contributed by atoms with van der Waals surface area (Å²) in [5, 5.41) is 0. The van der Waals surface area contributed by atoms with Gasteiger partial charge in [0.15, 0.2) is 0 Å². The van der Waals surface area contributed by atoms with Gasteiger partial charge in [-0.2, -0.15) is 0 Å². The molecule has 12 heavy (non-hydrogen) atoms. The molecule has 0 aliphatic carbocycles. The predicted molar refractivity (Wildman–Crippen MR) is 47.0 cm³/mol. The van der Waals surface area contributed by atoms with Crippen LogP contribution in [0.2, 0.25) is 0 Å². The molecule has 1 fully saturated rings. The minimum Gasteiger partial charge on any atom is -0.383 e. The largest absolute Gasteiger partial charge is 0.383 e. The van der Waals surface area contributed by atoms with Crippen LogP contribution in [-0.4, -0.2) is 43.4 Å². The van der Waals surface area contributed by atoms with E-state index in [0.717, 1.165) is 6.54 Å². The Labute approximate surface area is 73.7 Å². The van der Waals surface area contributed by atoms with Crippen LogP contribution in [0.4, 0.5) is 4.39 Å². The maximum absolute atomic E-state index is 13.4. The first-order chi connectivity index (χ1) is 5.55. The summed E-state index contributed by atoms with van der Waals surface area (Å²) in [6.45, 7) is 5.85. The van der Waals surface area contributed by atoms with Gasteiger partial charge in [-0.25, -0.2) is 4.39 Å². The van der Waals surface area contributed by atoms with Crippen LogP contribution in [0.3, 0.4) is 0 Å². The smallest absolute Gasteiger partial charge is 0.122 e. The van der Waals surface area contributed by atoms with Crippen molar-refractivity contribution in [3.05, 3.63) is 0 Å². The molecule has 0 aromatic rings. The van der Waals surface area contributed by atoms with Gasteiger partial charge in [0.05, 0.1) is 6.61 Å². The highest BCUT2D eigenvalue weighted by molar-refractivity contribution is 4.88. The van der Waals surface area contributed by atoms with Crippen molar-refractivity contribution in [1.29, 1.82) is 0 Å². The number of hydrogen-bond donors (Lipinski definition) is 0. The number of rotatable bonds is 3. The highest BCUT2D eigenvalue weighted by Gasteiger charge is 2.35. The predicted octanol–water partition coefficient (Wildman–Crippen LogP) is 1.46. The highest BCUT2D eigenvalue weighted by atomic mass is 19.1.